The van der Waals surface area contributed by atoms with Crippen molar-refractivity contribution >= 4 is 284 Å². The number of nitrogen functional groups attached to an aromatic ring is 1. The van der Waals surface area contributed by atoms with Crippen LogP contribution in [0.5, 0.6) is 0 Å². The van der Waals surface area contributed by atoms with Gasteiger partial charge in [-0.2, -0.15) is 47.1 Å². The van der Waals surface area contributed by atoms with Crippen molar-refractivity contribution in [3.63, 3.8) is 0 Å². The zero-order chi connectivity index (χ0) is 54.9. The molecule has 13 N–H and O–H groups in total. The standard InChI is InChI=1S/C40H28ClN11O18S5.5Na/c41-37-48-39(45-18-5-7-23(24(11-18)46-38(43)55)51-52-26-14-22-16(10-30(26)74(65,66)67)9-19(71(56,57)58)13-29(22)73(62,63)64)50-40(49-37)47-25-12-17(6-8-28(25)72(59,60)61)44-27-15-31(75(68,69)70)34(42)33-32(27)35(53)20-3-1-2-4-21(20)36(33)54;;;;;/h1-15,44H,42H2,(H3,43,46,55)(H,56,57,58)(H,59,60,61)(H,62,63,64)(H,65,66,67)(H,68,69,70)(H2,45,47,48,49,50);;;;;. The molecule has 393 valence electrons. The fourth-order valence-electron chi connectivity index (χ4n) is 7.38. The average Bonchev–Trinajstić information content (AvgIpc) is 3.28. The molecule has 1 aromatic heterocycles. The van der Waals surface area contributed by atoms with Gasteiger partial charge in [0.15, 0.2) is 11.6 Å². The minimum Gasteiger partial charge on any atom is -0.481 e. The SMILES string of the molecule is N=C(O)Nc1cc(N=c2nc(Cl)[nH]c(=Nc3cc(Nc4cc(S(=O)(=O)O)c(N)c5c4C(=O)c4ccccc4C5=O)ccc3S(=O)(=O)O)[nH]2)ccc1N=Nc1cc2c(S(=O)(=O)O)cc(S(=O)(=O)O)cc2cc1S(=O)(=O)O.[Na].[Na].[Na].[Na].[Na]. The molecule has 6 aromatic carbocycles. The molecule has 1 aliphatic rings. The number of benzene rings is 6. The molecule has 7 aromatic rings. The van der Waals surface area contributed by atoms with Crippen LogP contribution in [0.1, 0.15) is 31.8 Å². The zero-order valence-electron chi connectivity index (χ0n) is 41.5. The first-order chi connectivity index (χ1) is 34.8. The molecule has 40 heteroatoms. The van der Waals surface area contributed by atoms with Crippen LogP contribution in [0, 0.1) is 5.41 Å². The number of hydrogen-bond acceptors (Lipinski definition) is 20. The summed E-state index contributed by atoms with van der Waals surface area (Å²) >= 11 is 6.24. The largest absolute Gasteiger partial charge is 0.481 e. The molecule has 80 heavy (non-hydrogen) atoms. The Morgan fingerprint density at radius 1 is 0.588 bits per heavy atom. The molecule has 0 atom stereocenters. The van der Waals surface area contributed by atoms with Crippen molar-refractivity contribution in [2.75, 3.05) is 16.4 Å². The number of anilines is 4. The topological polar surface area (TPSA) is 494 Å². The van der Waals surface area contributed by atoms with Crippen molar-refractivity contribution in [1.82, 2.24) is 15.0 Å². The van der Waals surface area contributed by atoms with Crippen molar-refractivity contribution in [3.8, 4) is 0 Å². The van der Waals surface area contributed by atoms with E-state index in [4.69, 9.17) is 22.7 Å². The molecule has 0 amide bonds. The maximum Gasteiger partial charge on any atom is 0.296 e. The van der Waals surface area contributed by atoms with E-state index in [2.05, 4.69) is 45.8 Å². The van der Waals surface area contributed by atoms with E-state index in [1.807, 2.05) is 0 Å². The Kier molecular flexibility index (Phi) is 23.8. The van der Waals surface area contributed by atoms with E-state index in [-0.39, 0.29) is 187 Å². The van der Waals surface area contributed by atoms with Gasteiger partial charge >= 0.3 is 0 Å². The van der Waals surface area contributed by atoms with Gasteiger partial charge in [-0.15, -0.1) is 10.2 Å². The number of H-pyrrole nitrogens is 2. The number of aromatic nitrogens is 3. The second-order valence-corrected chi connectivity index (χ2v) is 22.7. The van der Waals surface area contributed by atoms with Crippen LogP contribution in [-0.2, 0) is 50.6 Å². The molecule has 29 nitrogen and oxygen atoms in total. The number of aliphatic hydroxyl groups is 1. The Balaban J connectivity index is 0.00000336. The van der Waals surface area contributed by atoms with Crippen molar-refractivity contribution < 1.29 is 79.5 Å². The van der Waals surface area contributed by atoms with E-state index in [1.54, 1.807) is 0 Å². The molecule has 0 unspecified atom stereocenters. The smallest absolute Gasteiger partial charge is 0.296 e. The van der Waals surface area contributed by atoms with E-state index in [0.717, 1.165) is 36.4 Å². The second kappa shape index (κ2) is 26.8. The Bertz CT molecular complexity index is 4540. The second-order valence-electron chi connectivity index (χ2n) is 15.4. The van der Waals surface area contributed by atoms with Crippen molar-refractivity contribution in [1.29, 1.82) is 5.41 Å². The van der Waals surface area contributed by atoms with Gasteiger partial charge < -0.3 is 26.5 Å². The van der Waals surface area contributed by atoms with Crippen LogP contribution in [0.4, 0.5) is 45.5 Å². The van der Waals surface area contributed by atoms with E-state index in [9.17, 15) is 79.5 Å². The number of nitrogens with one attached hydrogen (secondary N) is 5. The number of rotatable bonds is 12. The summed E-state index contributed by atoms with van der Waals surface area (Å²) in [5, 5.41) is 28.5. The molecule has 0 bridgehead atoms. The van der Waals surface area contributed by atoms with Gasteiger partial charge in [0.05, 0.1) is 44.5 Å². The monoisotopic (exact) mass is 1260 g/mol. The number of fused-ring (bicyclic) bond motifs is 3. The Morgan fingerprint density at radius 2 is 1.16 bits per heavy atom. The maximum atomic E-state index is 13.8. The van der Waals surface area contributed by atoms with Gasteiger partial charge in [0.1, 0.15) is 31.0 Å². The first kappa shape index (κ1) is 71.1. The van der Waals surface area contributed by atoms with Crippen LogP contribution < -0.4 is 27.6 Å². The Hall–Kier alpha value is -3.16. The Morgan fingerprint density at radius 3 is 1.73 bits per heavy atom. The number of aliphatic hydroxyl groups excluding tert-OH is 1. The summed E-state index contributed by atoms with van der Waals surface area (Å²) in [4.78, 5) is 39.9. The molecule has 0 saturated carbocycles. The molecule has 1 aliphatic carbocycles. The third kappa shape index (κ3) is 15.8. The van der Waals surface area contributed by atoms with Crippen LogP contribution in [0.2, 0.25) is 5.28 Å². The van der Waals surface area contributed by atoms with Gasteiger partial charge in [-0.3, -0.25) is 42.7 Å². The van der Waals surface area contributed by atoms with Gasteiger partial charge in [0.25, 0.3) is 56.6 Å². The third-order valence-corrected chi connectivity index (χ3v) is 15.0. The van der Waals surface area contributed by atoms with E-state index >= 15 is 0 Å². The molecule has 0 saturated heterocycles. The number of azo groups is 1. The van der Waals surface area contributed by atoms with Crippen molar-refractivity contribution in [2.24, 2.45) is 20.2 Å². The van der Waals surface area contributed by atoms with Gasteiger partial charge in [0.2, 0.25) is 16.5 Å². The Labute approximate surface area is 566 Å². The maximum absolute atomic E-state index is 13.8. The summed E-state index contributed by atoms with van der Waals surface area (Å²) in [5.41, 5.74) is 0.699. The van der Waals surface area contributed by atoms with E-state index in [1.165, 1.54) is 30.3 Å². The van der Waals surface area contributed by atoms with Crippen LogP contribution in [0.3, 0.4) is 0 Å². The van der Waals surface area contributed by atoms with Gasteiger partial charge in [-0.25, -0.2) is 9.98 Å². The van der Waals surface area contributed by atoms with Gasteiger partial charge in [0, 0.05) is 170 Å². The zero-order valence-corrected chi connectivity index (χ0v) is 56.3. The first-order valence-electron chi connectivity index (χ1n) is 19.9. The molecule has 5 radical (unpaired) electrons. The molecule has 0 fully saturated rings. The normalized spacial score (nSPS) is 12.9. The fourth-order valence-corrected chi connectivity index (χ4v) is 10.8. The molecular weight excluding hydrogens is 1230 g/mol. The number of aromatic amines is 2. The minimum absolute atomic E-state index is 0. The number of carbonyl (C=O) groups is 2. The number of carbonyl (C=O) groups excluding carboxylic acids is 2. The van der Waals surface area contributed by atoms with E-state index in [0.29, 0.717) is 24.3 Å². The fraction of sp³-hybridized carbons (Fsp3) is 0. The number of halogens is 1. The molecule has 0 aliphatic heterocycles. The molecule has 1 heterocycles. The predicted molar refractivity (Wildman–Crippen MR) is 289 cm³/mol. The van der Waals surface area contributed by atoms with Gasteiger partial charge in [-0.05, 0) is 83.7 Å². The molecular formula is C40H28ClN11Na5O18S5. The predicted octanol–water partition coefficient (Wildman–Crippen LogP) is 2.76. The molecule has 0 spiro atoms. The first-order valence-corrected chi connectivity index (χ1v) is 27.5. The number of nitrogens with zero attached hydrogens (tertiary/aromatic N) is 5. The van der Waals surface area contributed by atoms with Crippen molar-refractivity contribution in [3.05, 3.63) is 130 Å². The van der Waals surface area contributed by atoms with Crippen LogP contribution in [-0.4, -0.2) is 250 Å². The molecule has 8 rings (SSSR count). The third-order valence-electron chi connectivity index (χ3n) is 10.4. The quantitative estimate of drug-likeness (QED) is 0.0209. The van der Waals surface area contributed by atoms with Crippen molar-refractivity contribution in [2.45, 2.75) is 24.5 Å². The summed E-state index contributed by atoms with van der Waals surface area (Å²) in [5.74, 6) is -1.64. The summed E-state index contributed by atoms with van der Waals surface area (Å²) in [7, 11) is -26.0. The summed E-state index contributed by atoms with van der Waals surface area (Å²) in [6, 6.07) is 13.7. The number of ketones is 2. The van der Waals surface area contributed by atoms with Gasteiger partial charge in [-0.1, -0.05) is 24.3 Å². The van der Waals surface area contributed by atoms with Crippen LogP contribution in [0.15, 0.2) is 136 Å². The summed E-state index contributed by atoms with van der Waals surface area (Å²) in [6.07, 6.45) is 0. The summed E-state index contributed by atoms with van der Waals surface area (Å²) < 4.78 is 173. The minimum atomic E-state index is -5.29. The van der Waals surface area contributed by atoms with E-state index < -0.39 is 148 Å². The van der Waals surface area contributed by atoms with Crippen LogP contribution >= 0.6 is 11.6 Å². The summed E-state index contributed by atoms with van der Waals surface area (Å²) in [6.45, 7) is 0. The number of amidine groups is 1. The number of hydrogen-bond donors (Lipinski definition) is 12. The number of nitrogens with two attached hydrogens (primary N) is 1. The average molecular weight is 1260 g/mol. The van der Waals surface area contributed by atoms with Crippen LogP contribution in [0.25, 0.3) is 10.8 Å².